The van der Waals surface area contributed by atoms with Gasteiger partial charge in [0.25, 0.3) is 5.88 Å². The van der Waals surface area contributed by atoms with Gasteiger partial charge in [-0.2, -0.15) is 4.37 Å². The van der Waals surface area contributed by atoms with E-state index in [9.17, 15) is 0 Å². The van der Waals surface area contributed by atoms with E-state index < -0.39 is 0 Å². The quantitative estimate of drug-likeness (QED) is 0.644. The van der Waals surface area contributed by atoms with Crippen LogP contribution in [0, 0.1) is 5.92 Å². The van der Waals surface area contributed by atoms with E-state index in [1.807, 2.05) is 0 Å². The third-order valence-corrected chi connectivity index (χ3v) is 5.43. The molecule has 2 fully saturated rings. The molecule has 3 rings (SSSR count). The van der Waals surface area contributed by atoms with Crippen molar-refractivity contribution in [3.8, 4) is 5.88 Å². The van der Waals surface area contributed by atoms with Gasteiger partial charge in [0.2, 0.25) is 0 Å². The lowest BCUT2D eigenvalue weighted by Gasteiger charge is -2.15. The summed E-state index contributed by atoms with van der Waals surface area (Å²) in [5, 5.41) is 4.50. The van der Waals surface area contributed by atoms with Gasteiger partial charge in [-0.25, -0.2) is 0 Å². The molecular formula is C12H20ClN3OS2. The molecule has 0 amide bonds. The fraction of sp³-hybridized carbons (Fsp3) is 0.833. The van der Waals surface area contributed by atoms with Crippen LogP contribution in [0.25, 0.3) is 0 Å². The van der Waals surface area contributed by atoms with Crippen molar-refractivity contribution in [2.45, 2.75) is 49.8 Å². The van der Waals surface area contributed by atoms with Gasteiger partial charge in [0.05, 0.1) is 11.7 Å². The number of hydrogen-bond donors (Lipinski definition) is 1. The first kappa shape index (κ1) is 15.4. The number of unbranched alkanes of at least 4 members (excludes halogenated alkanes) is 1. The van der Waals surface area contributed by atoms with Gasteiger partial charge in [-0.05, 0) is 25.0 Å². The van der Waals surface area contributed by atoms with Gasteiger partial charge in [-0.3, -0.25) is 0 Å². The average molecular weight is 322 g/mol. The fourth-order valence-electron chi connectivity index (χ4n) is 2.74. The van der Waals surface area contributed by atoms with Gasteiger partial charge in [0.15, 0.2) is 5.03 Å². The van der Waals surface area contributed by atoms with Crippen molar-refractivity contribution in [1.29, 1.82) is 0 Å². The number of hydrogen-bond acceptors (Lipinski definition) is 6. The van der Waals surface area contributed by atoms with Crippen molar-refractivity contribution in [2.24, 2.45) is 5.92 Å². The summed E-state index contributed by atoms with van der Waals surface area (Å²) in [6.07, 6.45) is 5.29. The fourth-order valence-corrected chi connectivity index (χ4v) is 4.35. The molecular weight excluding hydrogens is 302 g/mol. The molecule has 0 aromatic carbocycles. The van der Waals surface area contributed by atoms with Crippen LogP contribution in [-0.4, -0.2) is 33.2 Å². The Kier molecular flexibility index (Phi) is 5.74. The molecule has 1 saturated heterocycles. The van der Waals surface area contributed by atoms with E-state index >= 15 is 0 Å². The van der Waals surface area contributed by atoms with E-state index in [1.54, 1.807) is 11.8 Å². The molecule has 2 bridgehead atoms. The van der Waals surface area contributed by atoms with Crippen LogP contribution in [-0.2, 0) is 0 Å². The second-order valence-electron chi connectivity index (χ2n) is 5.01. The van der Waals surface area contributed by atoms with Gasteiger partial charge < -0.3 is 10.1 Å². The minimum atomic E-state index is 0. The Bertz CT molecular complexity index is 384. The largest absolute Gasteiger partial charge is 0.470 e. The Morgan fingerprint density at radius 3 is 2.95 bits per heavy atom. The molecule has 2 heterocycles. The molecule has 2 aliphatic rings. The topological polar surface area (TPSA) is 47.0 Å². The second kappa shape index (κ2) is 7.11. The van der Waals surface area contributed by atoms with E-state index in [1.165, 1.54) is 37.4 Å². The molecule has 108 valence electrons. The number of nitrogens with one attached hydrogen (secondary N) is 1. The normalized spacial score (nSPS) is 28.4. The molecule has 1 aliphatic heterocycles. The number of halogens is 1. The molecule has 1 aromatic heterocycles. The van der Waals surface area contributed by atoms with Crippen LogP contribution in [0.5, 0.6) is 5.88 Å². The molecule has 1 N–H and O–H groups in total. The molecule has 1 aromatic rings. The van der Waals surface area contributed by atoms with Crippen molar-refractivity contribution in [3.05, 3.63) is 0 Å². The molecule has 3 unspecified atom stereocenters. The second-order valence-corrected chi connectivity index (χ2v) is 6.62. The van der Waals surface area contributed by atoms with Crippen LogP contribution in [0.3, 0.4) is 0 Å². The van der Waals surface area contributed by atoms with Crippen molar-refractivity contribution in [1.82, 2.24) is 14.1 Å². The lowest BCUT2D eigenvalue weighted by atomic mass is 10.1. The maximum Gasteiger partial charge on any atom is 0.260 e. The molecule has 1 saturated carbocycles. The molecule has 7 heteroatoms. The van der Waals surface area contributed by atoms with Crippen molar-refractivity contribution in [3.63, 3.8) is 0 Å². The monoisotopic (exact) mass is 321 g/mol. The highest BCUT2D eigenvalue weighted by Crippen LogP contribution is 2.36. The number of thioether (sulfide) groups is 1. The van der Waals surface area contributed by atoms with Gasteiger partial charge in [-0.1, -0.05) is 25.1 Å². The summed E-state index contributed by atoms with van der Waals surface area (Å²) in [4.78, 5) is 0. The Balaban J connectivity index is 0.00000133. The van der Waals surface area contributed by atoms with Crippen LogP contribution < -0.4 is 10.1 Å². The summed E-state index contributed by atoms with van der Waals surface area (Å²) in [5.41, 5.74) is 0. The van der Waals surface area contributed by atoms with Crippen molar-refractivity contribution < 1.29 is 4.74 Å². The summed E-state index contributed by atoms with van der Waals surface area (Å²) in [6, 6.07) is 0.533. The molecule has 0 spiro atoms. The van der Waals surface area contributed by atoms with E-state index in [-0.39, 0.29) is 12.4 Å². The predicted octanol–water partition coefficient (Wildman–Crippen LogP) is 2.98. The Hall–Kier alpha value is -0.0400. The van der Waals surface area contributed by atoms with Gasteiger partial charge in [-0.15, -0.1) is 16.8 Å². The zero-order valence-corrected chi connectivity index (χ0v) is 13.5. The smallest absolute Gasteiger partial charge is 0.260 e. The summed E-state index contributed by atoms with van der Waals surface area (Å²) in [6.45, 7) is 3.31. The average Bonchev–Trinajstić information content (AvgIpc) is 3.08. The van der Waals surface area contributed by atoms with E-state index in [0.717, 1.165) is 23.2 Å². The van der Waals surface area contributed by atoms with Crippen LogP contribution >= 0.6 is 35.9 Å². The summed E-state index contributed by atoms with van der Waals surface area (Å²) in [5.74, 6) is 2.55. The zero-order valence-electron chi connectivity index (χ0n) is 11.0. The van der Waals surface area contributed by atoms with E-state index in [2.05, 4.69) is 21.0 Å². The molecule has 3 atom stereocenters. The van der Waals surface area contributed by atoms with Crippen LogP contribution in [0.1, 0.15) is 32.6 Å². The number of aromatic nitrogens is 2. The highest BCUT2D eigenvalue weighted by Gasteiger charge is 2.43. The minimum Gasteiger partial charge on any atom is -0.470 e. The Labute approximate surface area is 128 Å². The van der Waals surface area contributed by atoms with Gasteiger partial charge in [0.1, 0.15) is 6.10 Å². The van der Waals surface area contributed by atoms with Crippen LogP contribution in [0.15, 0.2) is 5.03 Å². The Morgan fingerprint density at radius 1 is 1.42 bits per heavy atom. The predicted molar refractivity (Wildman–Crippen MR) is 81.7 cm³/mol. The SMILES string of the molecule is CCCCSc1nsnc1OC1C2CCC1NC2.Cl. The van der Waals surface area contributed by atoms with Crippen LogP contribution in [0.4, 0.5) is 0 Å². The first-order chi connectivity index (χ1) is 8.88. The maximum atomic E-state index is 6.12. The van der Waals surface area contributed by atoms with Gasteiger partial charge in [0, 0.05) is 18.5 Å². The van der Waals surface area contributed by atoms with Crippen molar-refractivity contribution >= 4 is 35.9 Å². The third-order valence-electron chi connectivity index (χ3n) is 3.77. The lowest BCUT2D eigenvalue weighted by molar-refractivity contribution is 0.166. The summed E-state index contributed by atoms with van der Waals surface area (Å²) in [7, 11) is 0. The molecule has 19 heavy (non-hydrogen) atoms. The number of piperidine rings is 1. The number of rotatable bonds is 6. The lowest BCUT2D eigenvalue weighted by Crippen LogP contribution is -2.31. The first-order valence-electron chi connectivity index (χ1n) is 6.74. The minimum absolute atomic E-state index is 0. The number of ether oxygens (including phenoxy) is 1. The van der Waals surface area contributed by atoms with Gasteiger partial charge >= 0.3 is 0 Å². The number of fused-ring (bicyclic) bond motifs is 2. The van der Waals surface area contributed by atoms with Crippen LogP contribution in [0.2, 0.25) is 0 Å². The maximum absolute atomic E-state index is 6.12. The summed E-state index contributed by atoms with van der Waals surface area (Å²) < 4.78 is 14.8. The molecule has 4 nitrogen and oxygen atoms in total. The number of nitrogens with zero attached hydrogens (tertiary/aromatic N) is 2. The zero-order chi connectivity index (χ0) is 12.4. The highest BCUT2D eigenvalue weighted by atomic mass is 35.5. The molecule has 1 aliphatic carbocycles. The highest BCUT2D eigenvalue weighted by molar-refractivity contribution is 7.99. The van der Waals surface area contributed by atoms with E-state index in [0.29, 0.717) is 18.1 Å². The van der Waals surface area contributed by atoms with E-state index in [4.69, 9.17) is 4.74 Å². The Morgan fingerprint density at radius 2 is 2.32 bits per heavy atom. The third kappa shape index (κ3) is 3.35. The standard InChI is InChI=1S/C12H19N3OS2.ClH/c1-2-3-6-17-12-11(14-18-15-12)16-10-8-4-5-9(10)13-7-8;/h8-10,13H,2-7H2,1H3;1H. The first-order valence-corrected chi connectivity index (χ1v) is 8.45. The summed E-state index contributed by atoms with van der Waals surface area (Å²) >= 11 is 3.04. The molecule has 0 radical (unpaired) electrons. The van der Waals surface area contributed by atoms with Crippen molar-refractivity contribution in [2.75, 3.05) is 12.3 Å².